The van der Waals surface area contributed by atoms with E-state index >= 15 is 0 Å². The van der Waals surface area contributed by atoms with Crippen LogP contribution in [0.2, 0.25) is 0 Å². The van der Waals surface area contributed by atoms with Gasteiger partial charge >= 0.3 is 0 Å². The second-order valence-corrected chi connectivity index (χ2v) is 8.28. The maximum absolute atomic E-state index is 9.13. The molecule has 0 N–H and O–H groups in total. The quantitative estimate of drug-likeness (QED) is 0.200. The molecule has 0 aliphatic rings. The molecule has 106 valence electrons. The van der Waals surface area contributed by atoms with Crippen LogP contribution >= 0.6 is 68.7 Å². The Labute approximate surface area is 156 Å². The lowest BCUT2D eigenvalue weighted by Gasteiger charge is -2.10. The summed E-state index contributed by atoms with van der Waals surface area (Å²) in [4.78, 5) is 2.28. The first kappa shape index (κ1) is 18.4. The minimum atomic E-state index is 0.489. The minimum Gasteiger partial charge on any atom is -0.192 e. The zero-order valence-electron chi connectivity index (χ0n) is 10.9. The molecule has 20 heavy (non-hydrogen) atoms. The van der Waals surface area contributed by atoms with E-state index in [1.54, 1.807) is 23.5 Å². The van der Waals surface area contributed by atoms with E-state index in [-0.39, 0.29) is 0 Å². The fraction of sp³-hybridized carbons (Fsp3) is 0.429. The summed E-state index contributed by atoms with van der Waals surface area (Å²) in [5.74, 6) is 2.11. The first-order chi connectivity index (χ1) is 9.76. The zero-order chi connectivity index (χ0) is 14.8. The molecule has 0 unspecified atom stereocenters. The monoisotopic (exact) mass is 528 g/mol. The van der Waals surface area contributed by atoms with E-state index in [1.807, 2.05) is 12.1 Å². The molecule has 0 amide bonds. The molecule has 0 saturated carbocycles. The standard InChI is InChI=1S/C14H14I2N2S2/c15-3-1-5-19-13-7-11(9-17)12(10-18)8-14(13)20-6-2-4-16/h7-8H,1-6H2. The van der Waals surface area contributed by atoms with Crippen molar-refractivity contribution in [3.63, 3.8) is 0 Å². The third-order valence-electron chi connectivity index (χ3n) is 2.40. The number of thioether (sulfide) groups is 2. The van der Waals surface area contributed by atoms with Crippen molar-refractivity contribution in [2.45, 2.75) is 22.6 Å². The van der Waals surface area contributed by atoms with Crippen molar-refractivity contribution in [3.8, 4) is 12.1 Å². The third-order valence-corrected chi connectivity index (χ3v) is 6.33. The molecule has 0 saturated heterocycles. The second kappa shape index (κ2) is 11.0. The van der Waals surface area contributed by atoms with Crippen LogP contribution in [-0.2, 0) is 0 Å². The Balaban J connectivity index is 2.97. The lowest BCUT2D eigenvalue weighted by atomic mass is 10.1. The van der Waals surface area contributed by atoms with Gasteiger partial charge in [-0.1, -0.05) is 45.2 Å². The smallest absolute Gasteiger partial charge is 0.101 e. The van der Waals surface area contributed by atoms with Crippen LogP contribution in [0.5, 0.6) is 0 Å². The third kappa shape index (κ3) is 6.00. The fourth-order valence-electron chi connectivity index (χ4n) is 1.44. The summed E-state index contributed by atoms with van der Waals surface area (Å²) in [6.07, 6.45) is 2.32. The van der Waals surface area contributed by atoms with E-state index in [0.29, 0.717) is 11.1 Å². The maximum Gasteiger partial charge on any atom is 0.101 e. The highest BCUT2D eigenvalue weighted by Crippen LogP contribution is 2.34. The molecule has 0 heterocycles. The molecule has 0 aromatic heterocycles. The second-order valence-electron chi connectivity index (χ2n) is 3.85. The van der Waals surface area contributed by atoms with Crippen LogP contribution in [0, 0.1) is 22.7 Å². The zero-order valence-corrected chi connectivity index (χ0v) is 16.8. The van der Waals surface area contributed by atoms with Crippen molar-refractivity contribution in [2.24, 2.45) is 0 Å². The largest absolute Gasteiger partial charge is 0.192 e. The first-order valence-corrected chi connectivity index (χ1v) is 11.1. The summed E-state index contributed by atoms with van der Waals surface area (Å²) in [7, 11) is 0. The van der Waals surface area contributed by atoms with E-state index in [4.69, 9.17) is 10.5 Å². The van der Waals surface area contributed by atoms with Crippen LogP contribution < -0.4 is 0 Å². The van der Waals surface area contributed by atoms with Crippen molar-refractivity contribution in [3.05, 3.63) is 23.3 Å². The van der Waals surface area contributed by atoms with Crippen molar-refractivity contribution < 1.29 is 0 Å². The lowest BCUT2D eigenvalue weighted by molar-refractivity contribution is 1.12. The molecule has 6 heteroatoms. The Morgan fingerprint density at radius 3 is 1.55 bits per heavy atom. The van der Waals surface area contributed by atoms with Crippen LogP contribution in [-0.4, -0.2) is 20.4 Å². The highest BCUT2D eigenvalue weighted by atomic mass is 127. The van der Waals surface area contributed by atoms with Gasteiger partial charge < -0.3 is 0 Å². The van der Waals surface area contributed by atoms with Crippen molar-refractivity contribution in [1.82, 2.24) is 0 Å². The highest BCUT2D eigenvalue weighted by molar-refractivity contribution is 14.1. The number of hydrogen-bond acceptors (Lipinski definition) is 4. The molecule has 0 aliphatic carbocycles. The number of nitrogens with zero attached hydrogens (tertiary/aromatic N) is 2. The molecule has 1 rings (SSSR count). The van der Waals surface area contributed by atoms with E-state index in [1.165, 1.54) is 0 Å². The number of rotatable bonds is 8. The Morgan fingerprint density at radius 1 is 0.850 bits per heavy atom. The first-order valence-electron chi connectivity index (χ1n) is 6.12. The Bertz CT molecular complexity index is 474. The number of benzene rings is 1. The average Bonchev–Trinajstić information content (AvgIpc) is 2.48. The lowest BCUT2D eigenvalue weighted by Crippen LogP contribution is -1.91. The van der Waals surface area contributed by atoms with Gasteiger partial charge in [-0.25, -0.2) is 0 Å². The summed E-state index contributed by atoms with van der Waals surface area (Å²) >= 11 is 8.33. The number of halogens is 2. The SMILES string of the molecule is N#Cc1cc(SCCCI)c(SCCCI)cc1C#N. The van der Waals surface area contributed by atoms with Gasteiger partial charge in [-0.2, -0.15) is 10.5 Å². The summed E-state index contributed by atoms with van der Waals surface area (Å²) in [5, 5.41) is 18.3. The van der Waals surface area contributed by atoms with Gasteiger partial charge in [-0.15, -0.1) is 23.5 Å². The molecular formula is C14H14I2N2S2. The molecule has 1 aromatic carbocycles. The predicted molar refractivity (Wildman–Crippen MR) is 104 cm³/mol. The van der Waals surface area contributed by atoms with Crippen LogP contribution in [0.25, 0.3) is 0 Å². The Hall–Kier alpha value is 0.360. The number of hydrogen-bond donors (Lipinski definition) is 0. The van der Waals surface area contributed by atoms with Gasteiger partial charge in [-0.05, 0) is 36.5 Å². The molecule has 0 radical (unpaired) electrons. The number of nitriles is 2. The molecule has 0 aliphatic heterocycles. The summed E-state index contributed by atoms with van der Waals surface area (Å²) in [6, 6.07) is 8.00. The van der Waals surface area contributed by atoms with Crippen LogP contribution in [0.15, 0.2) is 21.9 Å². The molecule has 1 aromatic rings. The van der Waals surface area contributed by atoms with Crippen molar-refractivity contribution in [1.29, 1.82) is 10.5 Å². The van der Waals surface area contributed by atoms with Crippen LogP contribution in [0.4, 0.5) is 0 Å². The molecule has 2 nitrogen and oxygen atoms in total. The normalized spacial score (nSPS) is 10.0. The summed E-state index contributed by atoms with van der Waals surface area (Å²) in [6.45, 7) is 0. The molecule has 0 spiro atoms. The minimum absolute atomic E-state index is 0.489. The molecule has 0 bridgehead atoms. The van der Waals surface area contributed by atoms with E-state index in [2.05, 4.69) is 57.3 Å². The van der Waals surface area contributed by atoms with Gasteiger partial charge in [0, 0.05) is 18.6 Å². The fourth-order valence-corrected chi connectivity index (χ4v) is 5.42. The van der Waals surface area contributed by atoms with Gasteiger partial charge in [0.1, 0.15) is 12.1 Å². The molecule has 0 fully saturated rings. The topological polar surface area (TPSA) is 47.6 Å². The van der Waals surface area contributed by atoms with Gasteiger partial charge in [0.05, 0.1) is 11.1 Å². The number of alkyl halides is 2. The van der Waals surface area contributed by atoms with E-state index in [9.17, 15) is 0 Å². The molecular weight excluding hydrogens is 514 g/mol. The van der Waals surface area contributed by atoms with Gasteiger partial charge in [-0.3, -0.25) is 0 Å². The van der Waals surface area contributed by atoms with E-state index in [0.717, 1.165) is 43.0 Å². The average molecular weight is 528 g/mol. The van der Waals surface area contributed by atoms with Crippen LogP contribution in [0.1, 0.15) is 24.0 Å². The van der Waals surface area contributed by atoms with Gasteiger partial charge in [0.25, 0.3) is 0 Å². The Kier molecular flexibility index (Phi) is 10.1. The van der Waals surface area contributed by atoms with Crippen molar-refractivity contribution >= 4 is 68.7 Å². The maximum atomic E-state index is 9.13. The van der Waals surface area contributed by atoms with E-state index < -0.39 is 0 Å². The Morgan fingerprint density at radius 2 is 1.25 bits per heavy atom. The van der Waals surface area contributed by atoms with Gasteiger partial charge in [0.15, 0.2) is 0 Å². The van der Waals surface area contributed by atoms with Crippen LogP contribution in [0.3, 0.4) is 0 Å². The van der Waals surface area contributed by atoms with Crippen molar-refractivity contribution in [2.75, 3.05) is 20.4 Å². The highest BCUT2D eigenvalue weighted by Gasteiger charge is 2.10. The summed E-state index contributed by atoms with van der Waals surface area (Å²) in [5.41, 5.74) is 0.977. The summed E-state index contributed by atoms with van der Waals surface area (Å²) < 4.78 is 2.28. The predicted octanol–water partition coefficient (Wildman–Crippen LogP) is 5.26. The van der Waals surface area contributed by atoms with Gasteiger partial charge in [0.2, 0.25) is 0 Å². The molecule has 0 atom stereocenters.